The van der Waals surface area contributed by atoms with Gasteiger partial charge in [0.25, 0.3) is 11.8 Å². The van der Waals surface area contributed by atoms with Crippen LogP contribution >= 0.6 is 23.4 Å². The van der Waals surface area contributed by atoms with Gasteiger partial charge in [-0.1, -0.05) is 41.4 Å². The molecule has 0 bridgehead atoms. The summed E-state index contributed by atoms with van der Waals surface area (Å²) < 4.78 is 0. The van der Waals surface area contributed by atoms with Gasteiger partial charge in [-0.25, -0.2) is 0 Å². The van der Waals surface area contributed by atoms with Crippen LogP contribution in [-0.2, 0) is 9.59 Å². The van der Waals surface area contributed by atoms with Crippen molar-refractivity contribution in [2.45, 2.75) is 11.8 Å². The van der Waals surface area contributed by atoms with Crippen LogP contribution in [0.25, 0.3) is 0 Å². The first kappa shape index (κ1) is 19.8. The van der Waals surface area contributed by atoms with E-state index in [1.54, 1.807) is 24.3 Å². The van der Waals surface area contributed by atoms with Crippen LogP contribution in [0.2, 0.25) is 5.02 Å². The Balaban J connectivity index is 1.68. The lowest BCUT2D eigenvalue weighted by atomic mass is 10.2. The van der Waals surface area contributed by atoms with Crippen molar-refractivity contribution in [3.8, 4) is 0 Å². The van der Waals surface area contributed by atoms with Crippen molar-refractivity contribution in [2.75, 3.05) is 12.3 Å². The molecule has 2 rings (SSSR count). The Morgan fingerprint density at radius 2 is 1.62 bits per heavy atom. The molecule has 0 atom stereocenters. The summed E-state index contributed by atoms with van der Waals surface area (Å²) in [5.41, 5.74) is 5.97. The number of nitrogens with one attached hydrogen (secondary N) is 3. The van der Waals surface area contributed by atoms with Gasteiger partial charge in [0.2, 0.25) is 5.91 Å². The minimum Gasteiger partial charge on any atom is -0.343 e. The van der Waals surface area contributed by atoms with Crippen LogP contribution in [0, 0.1) is 6.92 Å². The van der Waals surface area contributed by atoms with Crippen LogP contribution in [0.5, 0.6) is 0 Å². The SMILES string of the molecule is Cc1ccc(SCC(=O)NNC(=O)CNC(=O)c2ccccc2Cl)cc1. The number of hydrogen-bond donors (Lipinski definition) is 3. The topological polar surface area (TPSA) is 87.3 Å². The normalized spacial score (nSPS) is 10.1. The molecule has 0 heterocycles. The van der Waals surface area contributed by atoms with E-state index >= 15 is 0 Å². The summed E-state index contributed by atoms with van der Waals surface area (Å²) in [5.74, 6) is -1.19. The standard InChI is InChI=1S/C18H18ClN3O3S/c1-12-6-8-13(9-7-12)26-11-17(24)22-21-16(23)10-20-18(25)14-4-2-3-5-15(14)19/h2-9H,10-11H2,1H3,(H,20,25)(H,21,23)(H,22,24). The summed E-state index contributed by atoms with van der Waals surface area (Å²) in [6.45, 7) is 1.71. The zero-order valence-corrected chi connectivity index (χ0v) is 15.6. The Morgan fingerprint density at radius 3 is 2.31 bits per heavy atom. The molecule has 2 aromatic carbocycles. The molecule has 0 saturated carbocycles. The molecule has 0 aliphatic rings. The van der Waals surface area contributed by atoms with E-state index in [9.17, 15) is 14.4 Å². The lowest BCUT2D eigenvalue weighted by Crippen LogP contribution is -2.47. The summed E-state index contributed by atoms with van der Waals surface area (Å²) in [4.78, 5) is 36.3. The van der Waals surface area contributed by atoms with Crippen molar-refractivity contribution in [3.63, 3.8) is 0 Å². The highest BCUT2D eigenvalue weighted by Crippen LogP contribution is 2.17. The van der Waals surface area contributed by atoms with E-state index < -0.39 is 11.8 Å². The number of rotatable bonds is 6. The minimum atomic E-state index is -0.543. The van der Waals surface area contributed by atoms with Crippen molar-refractivity contribution in [2.24, 2.45) is 0 Å². The Bertz CT molecular complexity index is 797. The fraction of sp³-hybridized carbons (Fsp3) is 0.167. The van der Waals surface area contributed by atoms with E-state index in [0.717, 1.165) is 10.5 Å². The monoisotopic (exact) mass is 391 g/mol. The number of halogens is 1. The largest absolute Gasteiger partial charge is 0.343 e. The van der Waals surface area contributed by atoms with Gasteiger partial charge < -0.3 is 5.32 Å². The Hall–Kier alpha value is -2.51. The number of thioether (sulfide) groups is 1. The fourth-order valence-corrected chi connectivity index (χ4v) is 2.82. The van der Waals surface area contributed by atoms with E-state index in [-0.39, 0.29) is 23.8 Å². The summed E-state index contributed by atoms with van der Waals surface area (Å²) in [6.07, 6.45) is 0. The number of amides is 3. The number of hydrazine groups is 1. The third-order valence-electron chi connectivity index (χ3n) is 3.26. The number of hydrogen-bond acceptors (Lipinski definition) is 4. The lowest BCUT2D eigenvalue weighted by Gasteiger charge is -2.09. The quantitative estimate of drug-likeness (QED) is 0.521. The van der Waals surface area contributed by atoms with Crippen molar-refractivity contribution in [1.82, 2.24) is 16.2 Å². The van der Waals surface area contributed by atoms with Crippen LogP contribution in [0.15, 0.2) is 53.4 Å². The molecule has 3 amide bonds. The van der Waals surface area contributed by atoms with Gasteiger partial charge in [-0.05, 0) is 31.2 Å². The lowest BCUT2D eigenvalue weighted by molar-refractivity contribution is -0.127. The van der Waals surface area contributed by atoms with E-state index in [0.29, 0.717) is 5.02 Å². The van der Waals surface area contributed by atoms with Crippen molar-refractivity contribution in [3.05, 3.63) is 64.7 Å². The molecular weight excluding hydrogens is 374 g/mol. The van der Waals surface area contributed by atoms with Crippen LogP contribution < -0.4 is 16.2 Å². The molecule has 26 heavy (non-hydrogen) atoms. The first-order valence-corrected chi connectivity index (χ1v) is 9.12. The number of carbonyl (C=O) groups excluding carboxylic acids is 3. The maximum atomic E-state index is 11.9. The minimum absolute atomic E-state index is 0.162. The van der Waals surface area contributed by atoms with Gasteiger partial charge >= 0.3 is 0 Å². The number of aryl methyl sites for hydroxylation is 1. The predicted octanol–water partition coefficient (Wildman–Crippen LogP) is 2.32. The average molecular weight is 392 g/mol. The molecule has 0 aliphatic carbocycles. The van der Waals surface area contributed by atoms with Gasteiger partial charge in [0, 0.05) is 4.90 Å². The molecule has 0 saturated heterocycles. The molecule has 0 fully saturated rings. The molecule has 0 spiro atoms. The molecule has 0 unspecified atom stereocenters. The average Bonchev–Trinajstić information content (AvgIpc) is 2.64. The second-order valence-corrected chi connectivity index (χ2v) is 6.82. The molecule has 136 valence electrons. The zero-order chi connectivity index (χ0) is 18.9. The second-order valence-electron chi connectivity index (χ2n) is 5.36. The highest BCUT2D eigenvalue weighted by molar-refractivity contribution is 8.00. The molecule has 3 N–H and O–H groups in total. The third-order valence-corrected chi connectivity index (χ3v) is 4.60. The maximum absolute atomic E-state index is 11.9. The van der Waals surface area contributed by atoms with Gasteiger partial charge in [0.05, 0.1) is 22.9 Å². The molecule has 0 radical (unpaired) electrons. The van der Waals surface area contributed by atoms with E-state index in [1.165, 1.54) is 11.8 Å². The van der Waals surface area contributed by atoms with Gasteiger partial charge in [-0.2, -0.15) is 0 Å². The molecule has 2 aromatic rings. The summed E-state index contributed by atoms with van der Waals surface area (Å²) in [6, 6.07) is 14.3. The molecule has 8 heteroatoms. The van der Waals surface area contributed by atoms with Crippen LogP contribution in [-0.4, -0.2) is 30.0 Å². The van der Waals surface area contributed by atoms with Crippen molar-refractivity contribution >= 4 is 41.1 Å². The van der Waals surface area contributed by atoms with Gasteiger partial charge in [0.15, 0.2) is 0 Å². The Kier molecular flexibility index (Phi) is 7.50. The first-order valence-electron chi connectivity index (χ1n) is 7.75. The molecular formula is C18H18ClN3O3S. The highest BCUT2D eigenvalue weighted by Gasteiger charge is 2.11. The van der Waals surface area contributed by atoms with Crippen molar-refractivity contribution in [1.29, 1.82) is 0 Å². The van der Waals surface area contributed by atoms with Gasteiger partial charge in [-0.3, -0.25) is 25.2 Å². The van der Waals surface area contributed by atoms with Gasteiger partial charge in [-0.15, -0.1) is 11.8 Å². The van der Waals surface area contributed by atoms with Crippen LogP contribution in [0.1, 0.15) is 15.9 Å². The van der Waals surface area contributed by atoms with E-state index in [4.69, 9.17) is 11.6 Å². The number of carbonyl (C=O) groups is 3. The Morgan fingerprint density at radius 1 is 0.962 bits per heavy atom. The smallest absolute Gasteiger partial charge is 0.257 e. The zero-order valence-electron chi connectivity index (χ0n) is 14.0. The maximum Gasteiger partial charge on any atom is 0.257 e. The molecule has 0 aromatic heterocycles. The predicted molar refractivity (Wildman–Crippen MR) is 102 cm³/mol. The summed E-state index contributed by atoms with van der Waals surface area (Å²) in [5, 5.41) is 2.73. The highest BCUT2D eigenvalue weighted by atomic mass is 35.5. The van der Waals surface area contributed by atoms with E-state index in [1.807, 2.05) is 31.2 Å². The van der Waals surface area contributed by atoms with Gasteiger partial charge in [0.1, 0.15) is 0 Å². The third kappa shape index (κ3) is 6.42. The van der Waals surface area contributed by atoms with Crippen molar-refractivity contribution < 1.29 is 14.4 Å². The number of benzene rings is 2. The fourth-order valence-electron chi connectivity index (χ4n) is 1.90. The van der Waals surface area contributed by atoms with Crippen LogP contribution in [0.4, 0.5) is 0 Å². The molecule has 6 nitrogen and oxygen atoms in total. The molecule has 0 aliphatic heterocycles. The summed E-state index contributed by atoms with van der Waals surface area (Å²) >= 11 is 7.27. The Labute approximate surface area is 160 Å². The van der Waals surface area contributed by atoms with Crippen LogP contribution in [0.3, 0.4) is 0 Å². The second kappa shape index (κ2) is 9.84. The van der Waals surface area contributed by atoms with E-state index in [2.05, 4.69) is 16.2 Å². The first-order chi connectivity index (χ1) is 12.5. The summed E-state index contributed by atoms with van der Waals surface area (Å²) in [7, 11) is 0.